The lowest BCUT2D eigenvalue weighted by Gasteiger charge is -2.43. The molecule has 5 aromatic rings. The number of carbonyl (C=O) groups is 3. The summed E-state index contributed by atoms with van der Waals surface area (Å²) in [6.07, 6.45) is 8.25. The van der Waals surface area contributed by atoms with Crippen molar-refractivity contribution in [3.8, 4) is 11.8 Å². The van der Waals surface area contributed by atoms with Crippen LogP contribution in [-0.2, 0) is 19.1 Å². The zero-order valence-corrected chi connectivity index (χ0v) is 39.1. The molecule has 4 aliphatic heterocycles. The summed E-state index contributed by atoms with van der Waals surface area (Å²) in [5.41, 5.74) is 2.24. The van der Waals surface area contributed by atoms with Crippen molar-refractivity contribution in [1.82, 2.24) is 49.7 Å². The second kappa shape index (κ2) is 19.0. The molecule has 2 unspecified atom stereocenters. The number of nitrogens with zero attached hydrogens (tertiary/aromatic N) is 9. The van der Waals surface area contributed by atoms with E-state index in [0.29, 0.717) is 48.1 Å². The third-order valence-corrected chi connectivity index (χ3v) is 15.8. The first-order valence-corrected chi connectivity index (χ1v) is 25.4. The van der Waals surface area contributed by atoms with Crippen LogP contribution in [0.15, 0.2) is 42.9 Å². The Hall–Kier alpha value is -5.66. The van der Waals surface area contributed by atoms with Gasteiger partial charge in [-0.25, -0.2) is 18.3 Å². The Bertz CT molecular complexity index is 2770. The Balaban J connectivity index is 0.667. The highest BCUT2D eigenvalue weighted by Crippen LogP contribution is 2.41. The number of fused-ring (bicyclic) bond motifs is 2. The molecule has 3 N–H and O–H groups in total. The van der Waals surface area contributed by atoms with Gasteiger partial charge in [0.1, 0.15) is 18.0 Å². The number of likely N-dealkylation sites (tertiary alicyclic amines) is 1. The molecule has 6 fully saturated rings. The maximum Gasteiger partial charge on any atom is 0.284 e. The third-order valence-electron chi connectivity index (χ3n) is 14.6. The van der Waals surface area contributed by atoms with E-state index in [9.17, 15) is 27.3 Å². The number of halogens is 3. The van der Waals surface area contributed by atoms with E-state index < -0.39 is 33.8 Å². The van der Waals surface area contributed by atoms with Crippen LogP contribution in [0.5, 0.6) is 0 Å². The molecule has 68 heavy (non-hydrogen) atoms. The number of anilines is 2. The maximum atomic E-state index is 14.7. The molecule has 21 heteroatoms. The number of para-hydroxylation sites is 1. The van der Waals surface area contributed by atoms with Crippen molar-refractivity contribution >= 4 is 55.6 Å². The summed E-state index contributed by atoms with van der Waals surface area (Å²) in [5.74, 6) is 5.91. The van der Waals surface area contributed by atoms with Crippen LogP contribution in [0.2, 0.25) is 5.54 Å². The van der Waals surface area contributed by atoms with Crippen LogP contribution < -0.4 is 20.9 Å². The summed E-state index contributed by atoms with van der Waals surface area (Å²) in [5, 5.41) is 23.0. The minimum Gasteiger partial charge on any atom is -0.378 e. The molecule has 2 saturated carbocycles. The van der Waals surface area contributed by atoms with Crippen LogP contribution in [0.4, 0.5) is 24.4 Å². The number of ether oxygens (including phenoxy) is 2. The molecular formula is C47H55F3N12O5Si. The number of benzene rings is 1. The van der Waals surface area contributed by atoms with Gasteiger partial charge in [0.2, 0.25) is 21.7 Å². The first-order chi connectivity index (χ1) is 33.1. The molecule has 4 saturated heterocycles. The summed E-state index contributed by atoms with van der Waals surface area (Å²) in [6, 6.07) is 8.55. The number of amides is 3. The van der Waals surface area contributed by atoms with Crippen LogP contribution in [-0.4, -0.2) is 137 Å². The number of alkyl halides is 2. The maximum absolute atomic E-state index is 14.7. The molecule has 0 bridgehead atoms. The molecule has 3 amide bonds. The van der Waals surface area contributed by atoms with Gasteiger partial charge in [0.25, 0.3) is 12.3 Å². The summed E-state index contributed by atoms with van der Waals surface area (Å²) >= 11 is 0. The van der Waals surface area contributed by atoms with Gasteiger partial charge < -0.3 is 34.0 Å². The quantitative estimate of drug-likeness (QED) is 0.0627. The lowest BCUT2D eigenvalue weighted by atomic mass is 9.85. The zero-order valence-electron chi connectivity index (χ0n) is 37.7. The highest BCUT2D eigenvalue weighted by molar-refractivity contribution is 6.29. The Morgan fingerprint density at radius 2 is 1.82 bits per heavy atom. The smallest absolute Gasteiger partial charge is 0.284 e. The van der Waals surface area contributed by atoms with Crippen LogP contribution >= 0.6 is 0 Å². The van der Waals surface area contributed by atoms with Gasteiger partial charge in [-0.1, -0.05) is 24.0 Å². The predicted octanol–water partition coefficient (Wildman–Crippen LogP) is 4.21. The van der Waals surface area contributed by atoms with Gasteiger partial charge in [0, 0.05) is 68.5 Å². The van der Waals surface area contributed by atoms with Gasteiger partial charge in [0.15, 0.2) is 11.3 Å². The summed E-state index contributed by atoms with van der Waals surface area (Å²) in [7, 11) is -1.88. The fourth-order valence-corrected chi connectivity index (χ4v) is 11.7. The Morgan fingerprint density at radius 3 is 2.57 bits per heavy atom. The number of rotatable bonds is 14. The van der Waals surface area contributed by atoms with E-state index in [1.54, 1.807) is 10.9 Å². The van der Waals surface area contributed by atoms with Crippen LogP contribution in [0.25, 0.3) is 16.6 Å². The van der Waals surface area contributed by atoms with Gasteiger partial charge >= 0.3 is 0 Å². The van der Waals surface area contributed by atoms with Crippen LogP contribution in [0, 0.1) is 17.8 Å². The number of imide groups is 1. The fourth-order valence-electron chi connectivity index (χ4n) is 10.6. The highest BCUT2D eigenvalue weighted by Gasteiger charge is 2.37. The van der Waals surface area contributed by atoms with Crippen molar-refractivity contribution in [2.75, 3.05) is 62.8 Å². The minimum atomic E-state index is -2.89. The van der Waals surface area contributed by atoms with Gasteiger partial charge in [-0.15, -0.1) is 0 Å². The normalized spacial score (nSPS) is 25.2. The van der Waals surface area contributed by atoms with E-state index in [2.05, 4.69) is 47.8 Å². The minimum absolute atomic E-state index is 0.0317. The van der Waals surface area contributed by atoms with Crippen LogP contribution in [0.1, 0.15) is 110 Å². The number of piperidine rings is 2. The molecule has 11 rings (SSSR count). The molecule has 2 aliphatic carbocycles. The number of nitrogens with one attached hydrogen (secondary N) is 3. The van der Waals surface area contributed by atoms with Gasteiger partial charge in [-0.05, 0) is 69.4 Å². The largest absolute Gasteiger partial charge is 0.378 e. The van der Waals surface area contributed by atoms with E-state index in [4.69, 9.17) is 19.6 Å². The van der Waals surface area contributed by atoms with Crippen molar-refractivity contribution in [2.45, 2.75) is 106 Å². The number of hydrogen-bond donors (Lipinski definition) is 3. The van der Waals surface area contributed by atoms with E-state index in [1.165, 1.54) is 16.9 Å². The lowest BCUT2D eigenvalue weighted by Crippen LogP contribution is -2.63. The molecular weight excluding hydrogens is 898 g/mol. The van der Waals surface area contributed by atoms with E-state index in [1.807, 2.05) is 28.9 Å². The predicted molar refractivity (Wildman–Crippen MR) is 247 cm³/mol. The first-order valence-electron chi connectivity index (χ1n) is 24.0. The molecule has 0 spiro atoms. The zero-order chi connectivity index (χ0) is 46.5. The monoisotopic (exact) mass is 952 g/mol. The Labute approximate surface area is 392 Å². The molecule has 3 atom stereocenters. The highest BCUT2D eigenvalue weighted by atomic mass is 28.3. The molecule has 6 aliphatic rings. The van der Waals surface area contributed by atoms with Crippen LogP contribution in [0.3, 0.4) is 0 Å². The summed E-state index contributed by atoms with van der Waals surface area (Å²) < 4.78 is 60.0. The fraction of sp³-hybridized carbons (Fsp3) is 0.553. The van der Waals surface area contributed by atoms with E-state index in [-0.39, 0.29) is 59.8 Å². The third kappa shape index (κ3) is 9.15. The standard InChI is InChI=1S/C47H55F3N12O5Si/c48-44(49)42-36(53-47(65)35-19-51-60-17-15-39(54-45(35)60)59-21-29(22-59)52-30-25-66-26-30)23-61(56-42)31-8-6-27(7-9-31)20-58-16-14-37(38(24-58)68-50)67-18-2-4-28-3-1-5-33-41(34-12-13-40(63)55-46(34)64)57-62(43(28)33)32-10-11-32/h1,3,5,15,17,19,23,27,29-32,34,37-38,44,52H,6-14,16,18,20-22,24-26,68H2,(H,53,65)(H,55,63,64)/t27?,31?,34?,37-,38?/m0/s1. The van der Waals surface area contributed by atoms with Crippen molar-refractivity contribution < 1.29 is 36.7 Å². The molecule has 358 valence electrons. The average Bonchev–Trinajstić information content (AvgIpc) is 3.73. The number of aromatic nitrogens is 7. The molecule has 1 aromatic carbocycles. The SMILES string of the molecule is O=C1CCC(c2nn(C3CC3)c3c(C#CCO[C@H]4CCN(CC5CCC(n6cc(NC(=O)c7cnn8ccc(N9CC(NC%10COC%10)C9)nc78)c(C(F)F)n6)CC5)CC4[SiH2]F)cccc23)C(=O)N1. The van der Waals surface area contributed by atoms with E-state index >= 15 is 0 Å². The van der Waals surface area contributed by atoms with Gasteiger partial charge in [-0.2, -0.15) is 15.3 Å². The average molecular weight is 953 g/mol. The lowest BCUT2D eigenvalue weighted by molar-refractivity contribution is -0.134. The van der Waals surface area contributed by atoms with E-state index in [0.717, 1.165) is 101 Å². The molecule has 8 heterocycles. The summed E-state index contributed by atoms with van der Waals surface area (Å²) in [6.45, 7) is 5.44. The topological polar surface area (TPSA) is 178 Å². The van der Waals surface area contributed by atoms with Crippen molar-refractivity contribution in [1.29, 1.82) is 0 Å². The first kappa shape index (κ1) is 44.8. The number of hydrogen-bond acceptors (Lipinski definition) is 12. The molecule has 0 radical (unpaired) electrons. The Morgan fingerprint density at radius 1 is 1.00 bits per heavy atom. The van der Waals surface area contributed by atoms with Crippen molar-refractivity contribution in [2.24, 2.45) is 5.92 Å². The second-order valence-corrected chi connectivity index (χ2v) is 20.7. The molecule has 4 aromatic heterocycles. The number of carbonyl (C=O) groups excluding carboxylic acids is 3. The Kier molecular flexibility index (Phi) is 12.5. The van der Waals surface area contributed by atoms with Crippen molar-refractivity contribution in [3.05, 3.63) is 65.4 Å². The van der Waals surface area contributed by atoms with Gasteiger partial charge in [0.05, 0.1) is 72.0 Å². The molecule has 17 nitrogen and oxygen atoms in total. The van der Waals surface area contributed by atoms with Crippen molar-refractivity contribution in [3.63, 3.8) is 0 Å². The summed E-state index contributed by atoms with van der Waals surface area (Å²) in [4.78, 5) is 47.4. The van der Waals surface area contributed by atoms with Gasteiger partial charge in [-0.3, -0.25) is 29.1 Å². The second-order valence-electron chi connectivity index (χ2n) is 19.3.